The highest BCUT2D eigenvalue weighted by molar-refractivity contribution is 5.30. The molecule has 0 amide bonds. The van der Waals surface area contributed by atoms with Crippen LogP contribution in [0.5, 0.6) is 5.75 Å². The number of alkyl halides is 2. The maximum absolute atomic E-state index is 12.1. The molecular formula is C12H16F2N2O. The van der Waals surface area contributed by atoms with Gasteiger partial charge in [-0.1, -0.05) is 25.0 Å². The number of nitrogens with one attached hydrogen (secondary N) is 1. The van der Waals surface area contributed by atoms with Crippen molar-refractivity contribution >= 4 is 0 Å². The first kappa shape index (κ1) is 12.3. The van der Waals surface area contributed by atoms with Gasteiger partial charge in [0.25, 0.3) is 0 Å². The Kier molecular flexibility index (Phi) is 3.91. The highest BCUT2D eigenvalue weighted by atomic mass is 19.3. The van der Waals surface area contributed by atoms with Crippen LogP contribution in [0.2, 0.25) is 0 Å². The van der Waals surface area contributed by atoms with Crippen molar-refractivity contribution in [1.82, 2.24) is 5.43 Å². The normalized spacial score (nSPS) is 17.2. The van der Waals surface area contributed by atoms with E-state index >= 15 is 0 Å². The highest BCUT2D eigenvalue weighted by Crippen LogP contribution is 2.37. The van der Waals surface area contributed by atoms with Gasteiger partial charge in [-0.2, -0.15) is 8.78 Å². The van der Waals surface area contributed by atoms with Crippen LogP contribution in [0, 0.1) is 5.92 Å². The summed E-state index contributed by atoms with van der Waals surface area (Å²) in [4.78, 5) is 0. The molecule has 3 N–H and O–H groups in total. The molecule has 1 aromatic carbocycles. The molecule has 1 aliphatic carbocycles. The molecule has 0 aromatic heterocycles. The SMILES string of the molecule is NNC(CC1CC1)c1cccc(OC(F)F)c1. The van der Waals surface area contributed by atoms with E-state index in [1.165, 1.54) is 18.9 Å². The maximum Gasteiger partial charge on any atom is 0.387 e. The van der Waals surface area contributed by atoms with E-state index in [4.69, 9.17) is 5.84 Å². The molecule has 2 rings (SSSR count). The van der Waals surface area contributed by atoms with E-state index in [1.54, 1.807) is 12.1 Å². The van der Waals surface area contributed by atoms with E-state index in [0.717, 1.165) is 12.0 Å². The summed E-state index contributed by atoms with van der Waals surface area (Å²) in [6.07, 6.45) is 3.39. The van der Waals surface area contributed by atoms with Crippen LogP contribution < -0.4 is 16.0 Å². The molecule has 1 atom stereocenters. The van der Waals surface area contributed by atoms with Gasteiger partial charge >= 0.3 is 6.61 Å². The van der Waals surface area contributed by atoms with Crippen molar-refractivity contribution in [3.05, 3.63) is 29.8 Å². The van der Waals surface area contributed by atoms with E-state index in [2.05, 4.69) is 10.2 Å². The van der Waals surface area contributed by atoms with Crippen LogP contribution >= 0.6 is 0 Å². The average Bonchev–Trinajstić information content (AvgIpc) is 3.09. The predicted octanol–water partition coefficient (Wildman–Crippen LogP) is 2.59. The number of halogens is 2. The van der Waals surface area contributed by atoms with Crippen molar-refractivity contribution in [3.8, 4) is 5.75 Å². The Hall–Kier alpha value is -1.20. The van der Waals surface area contributed by atoms with Crippen molar-refractivity contribution in [3.63, 3.8) is 0 Å². The van der Waals surface area contributed by atoms with E-state index in [0.29, 0.717) is 5.92 Å². The van der Waals surface area contributed by atoms with Gasteiger partial charge in [-0.15, -0.1) is 0 Å². The van der Waals surface area contributed by atoms with Gasteiger partial charge in [-0.3, -0.25) is 11.3 Å². The quantitative estimate of drug-likeness (QED) is 0.595. The van der Waals surface area contributed by atoms with Gasteiger partial charge in [0.15, 0.2) is 0 Å². The molecule has 0 bridgehead atoms. The first-order valence-corrected chi connectivity index (χ1v) is 5.70. The number of hydrogen-bond acceptors (Lipinski definition) is 3. The molecule has 3 nitrogen and oxygen atoms in total. The Morgan fingerprint density at radius 1 is 1.41 bits per heavy atom. The van der Waals surface area contributed by atoms with Crippen molar-refractivity contribution < 1.29 is 13.5 Å². The fourth-order valence-electron chi connectivity index (χ4n) is 1.89. The molecule has 5 heteroatoms. The average molecular weight is 242 g/mol. The summed E-state index contributed by atoms with van der Waals surface area (Å²) in [5, 5.41) is 0. The molecule has 1 unspecified atom stereocenters. The molecule has 0 spiro atoms. The predicted molar refractivity (Wildman–Crippen MR) is 60.5 cm³/mol. The van der Waals surface area contributed by atoms with Gasteiger partial charge in [0.2, 0.25) is 0 Å². The third-order valence-electron chi connectivity index (χ3n) is 2.95. The smallest absolute Gasteiger partial charge is 0.387 e. The second kappa shape index (κ2) is 5.42. The van der Waals surface area contributed by atoms with Gasteiger partial charge < -0.3 is 4.74 Å². The van der Waals surface area contributed by atoms with Crippen LogP contribution in [-0.4, -0.2) is 6.61 Å². The molecule has 1 fully saturated rings. The zero-order valence-corrected chi connectivity index (χ0v) is 9.40. The second-order valence-electron chi connectivity index (χ2n) is 4.35. The number of ether oxygens (including phenoxy) is 1. The Balaban J connectivity index is 2.06. The van der Waals surface area contributed by atoms with Gasteiger partial charge in [0, 0.05) is 6.04 Å². The van der Waals surface area contributed by atoms with Crippen molar-refractivity contribution in [2.45, 2.75) is 31.9 Å². The lowest BCUT2D eigenvalue weighted by atomic mass is 10.0. The number of hydrazine groups is 1. The zero-order chi connectivity index (χ0) is 12.3. The summed E-state index contributed by atoms with van der Waals surface area (Å²) in [6, 6.07) is 6.69. The summed E-state index contributed by atoms with van der Waals surface area (Å²) < 4.78 is 28.6. The van der Waals surface area contributed by atoms with E-state index in [1.807, 2.05) is 6.07 Å². The van der Waals surface area contributed by atoms with Crippen LogP contribution in [0.15, 0.2) is 24.3 Å². The molecule has 1 saturated carbocycles. The van der Waals surface area contributed by atoms with Crippen LogP contribution in [0.25, 0.3) is 0 Å². The minimum absolute atomic E-state index is 0.00345. The van der Waals surface area contributed by atoms with Crippen LogP contribution in [0.4, 0.5) is 8.78 Å². The lowest BCUT2D eigenvalue weighted by Crippen LogP contribution is -2.28. The number of benzene rings is 1. The van der Waals surface area contributed by atoms with Crippen molar-refractivity contribution in [2.24, 2.45) is 11.8 Å². The molecule has 94 valence electrons. The lowest BCUT2D eigenvalue weighted by Gasteiger charge is -2.16. The molecule has 0 saturated heterocycles. The molecule has 1 aromatic rings. The second-order valence-corrected chi connectivity index (χ2v) is 4.35. The Morgan fingerprint density at radius 2 is 2.18 bits per heavy atom. The van der Waals surface area contributed by atoms with Gasteiger partial charge in [0.05, 0.1) is 0 Å². The maximum atomic E-state index is 12.1. The summed E-state index contributed by atoms with van der Waals surface area (Å²) in [6.45, 7) is -2.79. The van der Waals surface area contributed by atoms with Crippen molar-refractivity contribution in [2.75, 3.05) is 0 Å². The molecule has 17 heavy (non-hydrogen) atoms. The first-order valence-electron chi connectivity index (χ1n) is 5.70. The monoisotopic (exact) mass is 242 g/mol. The summed E-state index contributed by atoms with van der Waals surface area (Å²) in [7, 11) is 0. The molecule has 0 radical (unpaired) electrons. The van der Waals surface area contributed by atoms with Crippen LogP contribution in [0.3, 0.4) is 0 Å². The Morgan fingerprint density at radius 3 is 2.76 bits per heavy atom. The van der Waals surface area contributed by atoms with Gasteiger partial charge in [-0.25, -0.2) is 0 Å². The highest BCUT2D eigenvalue weighted by Gasteiger charge is 2.25. The van der Waals surface area contributed by atoms with E-state index in [-0.39, 0.29) is 11.8 Å². The standard InChI is InChI=1S/C12H16F2N2O/c13-12(14)17-10-3-1-2-9(7-10)11(16-15)6-8-4-5-8/h1-3,7-8,11-12,16H,4-6,15H2. The van der Waals surface area contributed by atoms with E-state index in [9.17, 15) is 8.78 Å². The first-order chi connectivity index (χ1) is 8.19. The zero-order valence-electron chi connectivity index (χ0n) is 9.40. The third kappa shape index (κ3) is 3.64. The molecule has 0 aliphatic heterocycles. The summed E-state index contributed by atoms with van der Waals surface area (Å²) in [5.74, 6) is 6.37. The van der Waals surface area contributed by atoms with Crippen LogP contribution in [-0.2, 0) is 0 Å². The Labute approximate surface area is 98.9 Å². The lowest BCUT2D eigenvalue weighted by molar-refractivity contribution is -0.0499. The number of hydrogen-bond donors (Lipinski definition) is 2. The Bertz CT molecular complexity index is 369. The third-order valence-corrected chi connectivity index (χ3v) is 2.95. The summed E-state index contributed by atoms with van der Waals surface area (Å²) in [5.41, 5.74) is 3.61. The topological polar surface area (TPSA) is 47.3 Å². The van der Waals surface area contributed by atoms with Crippen LogP contribution in [0.1, 0.15) is 30.9 Å². The van der Waals surface area contributed by atoms with Gasteiger partial charge in [-0.05, 0) is 30.0 Å². The number of rotatable bonds is 6. The minimum Gasteiger partial charge on any atom is -0.435 e. The number of nitrogens with two attached hydrogens (primary N) is 1. The van der Waals surface area contributed by atoms with E-state index < -0.39 is 6.61 Å². The molecule has 0 heterocycles. The molecule has 1 aliphatic rings. The van der Waals surface area contributed by atoms with Gasteiger partial charge in [0.1, 0.15) is 5.75 Å². The minimum atomic E-state index is -2.79. The summed E-state index contributed by atoms with van der Waals surface area (Å²) >= 11 is 0. The molecular weight excluding hydrogens is 226 g/mol. The fourth-order valence-corrected chi connectivity index (χ4v) is 1.89. The van der Waals surface area contributed by atoms with Crippen molar-refractivity contribution in [1.29, 1.82) is 0 Å². The fraction of sp³-hybridized carbons (Fsp3) is 0.500. The largest absolute Gasteiger partial charge is 0.435 e.